The predicted molar refractivity (Wildman–Crippen MR) is 109 cm³/mol. The highest BCUT2D eigenvalue weighted by Gasteiger charge is 2.16. The van der Waals surface area contributed by atoms with Gasteiger partial charge in [0.25, 0.3) is 5.56 Å². The van der Waals surface area contributed by atoms with Crippen LogP contribution in [0.25, 0.3) is 16.9 Å². The van der Waals surface area contributed by atoms with Crippen LogP contribution in [0.2, 0.25) is 5.02 Å². The summed E-state index contributed by atoms with van der Waals surface area (Å²) in [6, 6.07) is 13.7. The van der Waals surface area contributed by atoms with E-state index in [1.807, 2.05) is 12.1 Å². The Hall–Kier alpha value is -2.83. The van der Waals surface area contributed by atoms with E-state index in [1.165, 1.54) is 24.1 Å². The summed E-state index contributed by atoms with van der Waals surface area (Å²) in [5.74, 6) is 0.933. The molecule has 0 saturated heterocycles. The van der Waals surface area contributed by atoms with Crippen LogP contribution in [0.5, 0.6) is 11.5 Å². The van der Waals surface area contributed by atoms with E-state index in [9.17, 15) is 9.90 Å². The van der Waals surface area contributed by atoms with Gasteiger partial charge in [-0.15, -0.1) is 0 Å². The lowest BCUT2D eigenvalue weighted by Crippen LogP contribution is -2.28. The Morgan fingerprint density at radius 3 is 2.43 bits per heavy atom. The second-order valence-electron chi connectivity index (χ2n) is 6.93. The normalized spacial score (nSPS) is 11.3. The quantitative estimate of drug-likeness (QED) is 0.682. The molecule has 7 heteroatoms. The topological polar surface area (TPSA) is 73.6 Å². The summed E-state index contributed by atoms with van der Waals surface area (Å²) in [6.45, 7) is 3.42. The molecule has 6 nitrogen and oxygen atoms in total. The number of aliphatic hydroxyl groups is 1. The first-order valence-electron chi connectivity index (χ1n) is 8.65. The number of halogens is 1. The lowest BCUT2D eigenvalue weighted by atomic mass is 10.1. The molecule has 0 aliphatic rings. The zero-order valence-electron chi connectivity index (χ0n) is 15.8. The van der Waals surface area contributed by atoms with Crippen LogP contribution in [-0.2, 0) is 0 Å². The minimum atomic E-state index is -0.970. The molecule has 0 aliphatic carbocycles. The largest absolute Gasteiger partial charge is 0.493 e. The Bertz CT molecular complexity index is 1020. The molecule has 0 spiro atoms. The van der Waals surface area contributed by atoms with Crippen LogP contribution < -0.4 is 15.0 Å². The van der Waals surface area contributed by atoms with Gasteiger partial charge in [0.05, 0.1) is 24.1 Å². The van der Waals surface area contributed by atoms with Crippen molar-refractivity contribution in [1.82, 2.24) is 9.55 Å². The second-order valence-corrected chi connectivity index (χ2v) is 7.36. The van der Waals surface area contributed by atoms with Crippen molar-refractivity contribution >= 4 is 11.6 Å². The van der Waals surface area contributed by atoms with Crippen LogP contribution in [0.15, 0.2) is 59.7 Å². The second kappa shape index (κ2) is 8.04. The highest BCUT2D eigenvalue weighted by molar-refractivity contribution is 6.30. The van der Waals surface area contributed by atoms with E-state index in [4.69, 9.17) is 21.1 Å². The average Bonchev–Trinajstić information content (AvgIpc) is 2.66. The Morgan fingerprint density at radius 2 is 1.82 bits per heavy atom. The molecular weight excluding hydrogens is 380 g/mol. The van der Waals surface area contributed by atoms with Crippen LogP contribution in [-0.4, -0.2) is 34.0 Å². The number of methoxy groups -OCH3 is 1. The van der Waals surface area contributed by atoms with E-state index < -0.39 is 5.60 Å². The molecule has 3 aromatic rings. The first-order chi connectivity index (χ1) is 13.3. The average molecular weight is 401 g/mol. The fourth-order valence-electron chi connectivity index (χ4n) is 2.55. The highest BCUT2D eigenvalue weighted by Crippen LogP contribution is 2.30. The van der Waals surface area contributed by atoms with Gasteiger partial charge >= 0.3 is 0 Å². The van der Waals surface area contributed by atoms with Crippen molar-refractivity contribution < 1.29 is 14.6 Å². The third-order valence-corrected chi connectivity index (χ3v) is 4.21. The van der Waals surface area contributed by atoms with E-state index in [-0.39, 0.29) is 12.2 Å². The first-order valence-corrected chi connectivity index (χ1v) is 9.03. The number of ether oxygens (including phenoxy) is 2. The van der Waals surface area contributed by atoms with E-state index in [1.54, 1.807) is 44.2 Å². The summed E-state index contributed by atoms with van der Waals surface area (Å²) in [4.78, 5) is 17.0. The first kappa shape index (κ1) is 19.9. The summed E-state index contributed by atoms with van der Waals surface area (Å²) in [5, 5.41) is 10.4. The Labute approximate surface area is 168 Å². The molecule has 0 fully saturated rings. The molecule has 0 radical (unpaired) electrons. The van der Waals surface area contributed by atoms with Gasteiger partial charge in [0.1, 0.15) is 12.9 Å². The highest BCUT2D eigenvalue weighted by atomic mass is 35.5. The van der Waals surface area contributed by atoms with Crippen LogP contribution in [0, 0.1) is 0 Å². The van der Waals surface area contributed by atoms with Gasteiger partial charge in [-0.05, 0) is 38.1 Å². The van der Waals surface area contributed by atoms with Gasteiger partial charge in [0.15, 0.2) is 11.5 Å². The summed E-state index contributed by atoms with van der Waals surface area (Å²) in [7, 11) is 1.51. The molecule has 1 aromatic heterocycles. The van der Waals surface area contributed by atoms with Crippen molar-refractivity contribution in [2.45, 2.75) is 19.4 Å². The predicted octanol–water partition coefficient (Wildman–Crippen LogP) is 3.71. The van der Waals surface area contributed by atoms with Gasteiger partial charge in [0.2, 0.25) is 0 Å². The number of benzene rings is 2. The molecule has 146 valence electrons. The summed E-state index contributed by atoms with van der Waals surface area (Å²) in [5.41, 5.74) is 0.763. The fraction of sp³-hybridized carbons (Fsp3) is 0.238. The molecule has 0 aliphatic heterocycles. The van der Waals surface area contributed by atoms with Crippen LogP contribution in [0.3, 0.4) is 0 Å². The van der Waals surface area contributed by atoms with E-state index in [2.05, 4.69) is 4.98 Å². The number of hydrogen-bond acceptors (Lipinski definition) is 5. The number of nitrogens with zero attached hydrogens (tertiary/aromatic N) is 2. The standard InChI is InChI=1S/C21H21ClN2O4/c1-21(2,26)12-28-18-9-8-16(10-19(18)27-3)24-13-23-17(11-20(24)25)14-4-6-15(22)7-5-14/h4-11,13,26H,12H2,1-3H3. The number of aromatic nitrogens is 2. The van der Waals surface area contributed by atoms with Crippen molar-refractivity contribution in [1.29, 1.82) is 0 Å². The van der Waals surface area contributed by atoms with Crippen molar-refractivity contribution in [2.75, 3.05) is 13.7 Å². The number of rotatable bonds is 6. The maximum absolute atomic E-state index is 12.6. The van der Waals surface area contributed by atoms with E-state index >= 15 is 0 Å². The minimum Gasteiger partial charge on any atom is -0.493 e. The van der Waals surface area contributed by atoms with Gasteiger partial charge < -0.3 is 14.6 Å². The van der Waals surface area contributed by atoms with Crippen LogP contribution in [0.1, 0.15) is 13.8 Å². The van der Waals surface area contributed by atoms with Crippen molar-refractivity contribution in [2.24, 2.45) is 0 Å². The van der Waals surface area contributed by atoms with Gasteiger partial charge in [-0.25, -0.2) is 4.98 Å². The lowest BCUT2D eigenvalue weighted by molar-refractivity contribution is 0.0276. The minimum absolute atomic E-state index is 0.111. The van der Waals surface area contributed by atoms with Crippen molar-refractivity contribution in [3.05, 3.63) is 70.2 Å². The molecule has 0 bridgehead atoms. The smallest absolute Gasteiger partial charge is 0.258 e. The molecule has 0 unspecified atom stereocenters. The number of hydrogen-bond donors (Lipinski definition) is 1. The van der Waals surface area contributed by atoms with Crippen LogP contribution in [0.4, 0.5) is 0 Å². The molecule has 0 atom stereocenters. The van der Waals surface area contributed by atoms with Gasteiger partial charge in [0, 0.05) is 22.7 Å². The Morgan fingerprint density at radius 1 is 1.11 bits per heavy atom. The fourth-order valence-corrected chi connectivity index (χ4v) is 2.68. The summed E-state index contributed by atoms with van der Waals surface area (Å²) < 4.78 is 12.4. The van der Waals surface area contributed by atoms with Crippen molar-refractivity contribution in [3.63, 3.8) is 0 Å². The molecule has 3 rings (SSSR count). The summed E-state index contributed by atoms with van der Waals surface area (Å²) in [6.07, 6.45) is 1.47. The third-order valence-electron chi connectivity index (χ3n) is 3.96. The molecular formula is C21H21ClN2O4. The third kappa shape index (κ3) is 4.71. The maximum Gasteiger partial charge on any atom is 0.258 e. The molecule has 1 heterocycles. The Kier molecular flexibility index (Phi) is 5.72. The maximum atomic E-state index is 12.6. The van der Waals surface area contributed by atoms with Crippen molar-refractivity contribution in [3.8, 4) is 28.4 Å². The van der Waals surface area contributed by atoms with E-state index in [0.29, 0.717) is 27.9 Å². The van der Waals surface area contributed by atoms with Gasteiger partial charge in [-0.1, -0.05) is 23.7 Å². The Balaban J connectivity index is 1.91. The molecule has 2 aromatic carbocycles. The molecule has 1 N–H and O–H groups in total. The lowest BCUT2D eigenvalue weighted by Gasteiger charge is -2.19. The SMILES string of the molecule is COc1cc(-n2cnc(-c3ccc(Cl)cc3)cc2=O)ccc1OCC(C)(C)O. The zero-order chi connectivity index (χ0) is 20.3. The van der Waals surface area contributed by atoms with Gasteiger partial charge in [-0.3, -0.25) is 9.36 Å². The van der Waals surface area contributed by atoms with E-state index in [0.717, 1.165) is 5.56 Å². The molecule has 28 heavy (non-hydrogen) atoms. The summed E-state index contributed by atoms with van der Waals surface area (Å²) >= 11 is 5.90. The van der Waals surface area contributed by atoms with Crippen LogP contribution >= 0.6 is 11.6 Å². The zero-order valence-corrected chi connectivity index (χ0v) is 16.6. The molecule has 0 saturated carbocycles. The van der Waals surface area contributed by atoms with Gasteiger partial charge in [-0.2, -0.15) is 0 Å². The molecule has 0 amide bonds. The monoisotopic (exact) mass is 400 g/mol.